The molecule has 26 heavy (non-hydrogen) atoms. The van der Waals surface area contributed by atoms with Gasteiger partial charge in [0, 0.05) is 30.9 Å². The van der Waals surface area contributed by atoms with E-state index in [2.05, 4.69) is 32.3 Å². The fourth-order valence-electron chi connectivity index (χ4n) is 2.71. The van der Waals surface area contributed by atoms with Gasteiger partial charge in [0.2, 0.25) is 0 Å². The predicted octanol–water partition coefficient (Wildman–Crippen LogP) is 4.37. The summed E-state index contributed by atoms with van der Waals surface area (Å²) in [5, 5.41) is 3.27. The van der Waals surface area contributed by atoms with Gasteiger partial charge in [0.15, 0.2) is 5.78 Å². The molecule has 1 heterocycles. The van der Waals surface area contributed by atoms with Crippen LogP contribution in [0, 0.1) is 6.92 Å². The quantitative estimate of drug-likeness (QED) is 0.672. The molecular weight excluding hydrogens is 324 g/mol. The third kappa shape index (κ3) is 4.45. The summed E-state index contributed by atoms with van der Waals surface area (Å²) in [7, 11) is 2.01. The van der Waals surface area contributed by atoms with Crippen molar-refractivity contribution >= 4 is 23.1 Å². The summed E-state index contributed by atoms with van der Waals surface area (Å²) in [5.41, 5.74) is 2.71. The zero-order chi connectivity index (χ0) is 18.5. The van der Waals surface area contributed by atoms with Crippen LogP contribution in [0.1, 0.15) is 28.7 Å². The Kier molecular flexibility index (Phi) is 5.27. The number of anilines is 3. The number of nitrogens with one attached hydrogen (secondary N) is 1. The van der Waals surface area contributed by atoms with Crippen LogP contribution >= 0.6 is 0 Å². The second-order valence-corrected chi connectivity index (χ2v) is 6.26. The highest BCUT2D eigenvalue weighted by molar-refractivity contribution is 5.95. The molecular formula is C21H22N4O. The molecule has 5 nitrogen and oxygen atoms in total. The van der Waals surface area contributed by atoms with Gasteiger partial charge in [-0.1, -0.05) is 42.5 Å². The van der Waals surface area contributed by atoms with Crippen LogP contribution in [0.25, 0.3) is 0 Å². The van der Waals surface area contributed by atoms with Crippen LogP contribution in [0.3, 0.4) is 0 Å². The Bertz CT molecular complexity index is 909. The van der Waals surface area contributed by atoms with Gasteiger partial charge in [0.25, 0.3) is 0 Å². The molecule has 2 aromatic carbocycles. The molecule has 3 rings (SSSR count). The SMILES string of the molecule is CC(=O)c1cccc(Nc2cc(N(C)Cc3ccccc3)nc(C)n2)c1. The van der Waals surface area contributed by atoms with Crippen LogP contribution in [-0.4, -0.2) is 22.8 Å². The number of carbonyl (C=O) groups is 1. The largest absolute Gasteiger partial charge is 0.355 e. The first-order valence-corrected chi connectivity index (χ1v) is 8.50. The molecule has 5 heteroatoms. The summed E-state index contributed by atoms with van der Waals surface area (Å²) >= 11 is 0. The standard InChI is InChI=1S/C21H22N4O/c1-15(26)18-10-7-11-19(12-18)24-20-13-21(23-16(2)22-20)25(3)14-17-8-5-4-6-9-17/h4-13H,14H2,1-3H3,(H,22,23,24). The normalized spacial score (nSPS) is 10.4. The van der Waals surface area contributed by atoms with E-state index in [1.807, 2.05) is 56.4 Å². The van der Waals surface area contributed by atoms with Gasteiger partial charge in [-0.25, -0.2) is 9.97 Å². The highest BCUT2D eigenvalue weighted by Gasteiger charge is 2.08. The monoisotopic (exact) mass is 346 g/mol. The first-order valence-electron chi connectivity index (χ1n) is 8.50. The molecule has 0 atom stereocenters. The summed E-state index contributed by atoms with van der Waals surface area (Å²) in [4.78, 5) is 22.6. The molecule has 0 saturated carbocycles. The van der Waals surface area contributed by atoms with Gasteiger partial charge in [0.05, 0.1) is 0 Å². The van der Waals surface area contributed by atoms with Crippen LogP contribution in [0.5, 0.6) is 0 Å². The number of hydrogen-bond donors (Lipinski definition) is 1. The first-order chi connectivity index (χ1) is 12.5. The Morgan fingerprint density at radius 3 is 2.54 bits per heavy atom. The lowest BCUT2D eigenvalue weighted by molar-refractivity contribution is 0.101. The predicted molar refractivity (Wildman–Crippen MR) is 105 cm³/mol. The van der Waals surface area contributed by atoms with Crippen molar-refractivity contribution in [3.8, 4) is 0 Å². The maximum Gasteiger partial charge on any atom is 0.159 e. The van der Waals surface area contributed by atoms with Crippen molar-refractivity contribution in [2.24, 2.45) is 0 Å². The molecule has 3 aromatic rings. The van der Waals surface area contributed by atoms with Crippen molar-refractivity contribution in [2.45, 2.75) is 20.4 Å². The lowest BCUT2D eigenvalue weighted by Crippen LogP contribution is -2.18. The summed E-state index contributed by atoms with van der Waals surface area (Å²) in [6.07, 6.45) is 0. The van der Waals surface area contributed by atoms with Crippen molar-refractivity contribution < 1.29 is 4.79 Å². The second kappa shape index (κ2) is 7.78. The van der Waals surface area contributed by atoms with Crippen molar-refractivity contribution in [1.82, 2.24) is 9.97 Å². The maximum absolute atomic E-state index is 11.6. The highest BCUT2D eigenvalue weighted by atomic mass is 16.1. The van der Waals surface area contributed by atoms with Gasteiger partial charge in [-0.3, -0.25) is 4.79 Å². The number of nitrogens with zero attached hydrogens (tertiary/aromatic N) is 3. The number of rotatable bonds is 6. The number of carbonyl (C=O) groups excluding carboxylic acids is 1. The molecule has 0 unspecified atom stereocenters. The third-order valence-electron chi connectivity index (χ3n) is 4.02. The molecule has 1 aromatic heterocycles. The zero-order valence-electron chi connectivity index (χ0n) is 15.2. The average molecular weight is 346 g/mol. The minimum atomic E-state index is 0.0378. The Morgan fingerprint density at radius 1 is 1.04 bits per heavy atom. The number of hydrogen-bond acceptors (Lipinski definition) is 5. The van der Waals surface area contributed by atoms with Crippen LogP contribution in [0.15, 0.2) is 60.7 Å². The third-order valence-corrected chi connectivity index (χ3v) is 4.02. The van der Waals surface area contributed by atoms with Crippen molar-refractivity contribution in [1.29, 1.82) is 0 Å². The van der Waals surface area contributed by atoms with Crippen molar-refractivity contribution in [3.63, 3.8) is 0 Å². The van der Waals surface area contributed by atoms with Crippen LogP contribution in [0.4, 0.5) is 17.3 Å². The molecule has 0 amide bonds. The fraction of sp³-hybridized carbons (Fsp3) is 0.190. The van der Waals surface area contributed by atoms with Gasteiger partial charge in [-0.15, -0.1) is 0 Å². The minimum Gasteiger partial charge on any atom is -0.355 e. The van der Waals surface area contributed by atoms with E-state index in [0.29, 0.717) is 17.2 Å². The first kappa shape index (κ1) is 17.6. The number of Topliss-reactive ketones (excluding diaryl/α,β-unsaturated/α-hetero) is 1. The van der Waals surface area contributed by atoms with Crippen molar-refractivity contribution in [3.05, 3.63) is 77.6 Å². The summed E-state index contributed by atoms with van der Waals surface area (Å²) in [6.45, 7) is 4.19. The van der Waals surface area contributed by atoms with Crippen LogP contribution in [-0.2, 0) is 6.54 Å². The molecule has 0 bridgehead atoms. The van der Waals surface area contributed by atoms with E-state index >= 15 is 0 Å². The fourth-order valence-corrected chi connectivity index (χ4v) is 2.71. The topological polar surface area (TPSA) is 58.1 Å². The molecule has 0 radical (unpaired) electrons. The molecule has 1 N–H and O–H groups in total. The summed E-state index contributed by atoms with van der Waals surface area (Å²) < 4.78 is 0. The van der Waals surface area contributed by atoms with Gasteiger partial charge in [-0.05, 0) is 31.5 Å². The summed E-state index contributed by atoms with van der Waals surface area (Å²) in [5.74, 6) is 2.27. The van der Waals surface area contributed by atoms with E-state index in [-0.39, 0.29) is 5.78 Å². The van der Waals surface area contributed by atoms with E-state index in [0.717, 1.165) is 18.1 Å². The lowest BCUT2D eigenvalue weighted by atomic mass is 10.1. The molecule has 0 aliphatic heterocycles. The molecule has 132 valence electrons. The number of aromatic nitrogens is 2. The Hall–Kier alpha value is -3.21. The van der Waals surface area contributed by atoms with E-state index in [4.69, 9.17) is 0 Å². The van der Waals surface area contributed by atoms with Crippen LogP contribution < -0.4 is 10.2 Å². The van der Waals surface area contributed by atoms with E-state index in [1.54, 1.807) is 13.0 Å². The summed E-state index contributed by atoms with van der Waals surface area (Å²) in [6, 6.07) is 19.6. The lowest BCUT2D eigenvalue weighted by Gasteiger charge is -2.19. The van der Waals surface area contributed by atoms with Gasteiger partial charge in [-0.2, -0.15) is 0 Å². The zero-order valence-corrected chi connectivity index (χ0v) is 15.2. The van der Waals surface area contributed by atoms with Gasteiger partial charge in [0.1, 0.15) is 17.5 Å². The maximum atomic E-state index is 11.6. The second-order valence-electron chi connectivity index (χ2n) is 6.26. The highest BCUT2D eigenvalue weighted by Crippen LogP contribution is 2.21. The number of aryl methyl sites for hydroxylation is 1. The Labute approximate surface area is 153 Å². The molecule has 0 fully saturated rings. The van der Waals surface area contributed by atoms with E-state index in [1.165, 1.54) is 5.56 Å². The van der Waals surface area contributed by atoms with Crippen LogP contribution in [0.2, 0.25) is 0 Å². The van der Waals surface area contributed by atoms with E-state index < -0.39 is 0 Å². The molecule has 0 aliphatic carbocycles. The molecule has 0 aliphatic rings. The average Bonchev–Trinajstić information content (AvgIpc) is 2.62. The van der Waals surface area contributed by atoms with Gasteiger partial charge < -0.3 is 10.2 Å². The van der Waals surface area contributed by atoms with E-state index in [9.17, 15) is 4.79 Å². The number of benzene rings is 2. The molecule has 0 saturated heterocycles. The Balaban J connectivity index is 1.81. The molecule has 0 spiro atoms. The minimum absolute atomic E-state index is 0.0378. The number of ketones is 1. The van der Waals surface area contributed by atoms with Crippen molar-refractivity contribution in [2.75, 3.05) is 17.3 Å². The Morgan fingerprint density at radius 2 is 1.81 bits per heavy atom. The smallest absolute Gasteiger partial charge is 0.159 e. The van der Waals surface area contributed by atoms with Gasteiger partial charge >= 0.3 is 0 Å².